The molecule has 21 heavy (non-hydrogen) atoms. The number of rotatable bonds is 5. The van der Waals surface area contributed by atoms with Crippen LogP contribution < -0.4 is 10.1 Å². The topological polar surface area (TPSA) is 38.3 Å². The summed E-state index contributed by atoms with van der Waals surface area (Å²) in [5.41, 5.74) is 1.51. The van der Waals surface area contributed by atoms with E-state index in [-0.39, 0.29) is 10.9 Å². The number of benzene rings is 2. The Balaban J connectivity index is 1.90. The lowest BCUT2D eigenvalue weighted by molar-refractivity contribution is 0.0954. The van der Waals surface area contributed by atoms with Crippen molar-refractivity contribution < 1.29 is 9.53 Å². The molecule has 0 fully saturated rings. The summed E-state index contributed by atoms with van der Waals surface area (Å²) in [6.45, 7) is 0.522. The lowest BCUT2D eigenvalue weighted by atomic mass is 10.1. The molecule has 0 spiro atoms. The van der Waals surface area contributed by atoms with E-state index in [1.54, 1.807) is 25.3 Å². The quantitative estimate of drug-likeness (QED) is 0.904. The van der Waals surface area contributed by atoms with Gasteiger partial charge < -0.3 is 10.1 Å². The predicted octanol–water partition coefficient (Wildman–Crippen LogP) is 3.97. The monoisotopic (exact) mass is 323 g/mol. The van der Waals surface area contributed by atoms with Crippen molar-refractivity contribution >= 4 is 29.1 Å². The fourth-order valence-corrected chi connectivity index (χ4v) is 2.27. The number of carbonyl (C=O) groups is 1. The smallest absolute Gasteiger partial charge is 0.252 e. The third-order valence-corrected chi connectivity index (χ3v) is 3.87. The maximum atomic E-state index is 12.0. The molecule has 0 saturated carbocycles. The summed E-state index contributed by atoms with van der Waals surface area (Å²) in [5.74, 6) is 0.588. The van der Waals surface area contributed by atoms with E-state index in [1.807, 2.05) is 24.3 Å². The minimum atomic E-state index is -0.226. The Hall–Kier alpha value is -1.71. The zero-order chi connectivity index (χ0) is 15.2. The van der Waals surface area contributed by atoms with E-state index < -0.39 is 0 Å². The van der Waals surface area contributed by atoms with E-state index in [9.17, 15) is 4.79 Å². The molecule has 0 aliphatic heterocycles. The van der Waals surface area contributed by atoms with Crippen molar-refractivity contribution in [1.82, 2.24) is 5.32 Å². The molecule has 0 aromatic heterocycles. The first-order valence-electron chi connectivity index (χ1n) is 6.47. The molecule has 1 amide bonds. The van der Waals surface area contributed by atoms with Gasteiger partial charge in [0.05, 0.1) is 22.7 Å². The molecular weight excluding hydrogens is 309 g/mol. The summed E-state index contributed by atoms with van der Waals surface area (Å²) >= 11 is 11.9. The maximum Gasteiger partial charge on any atom is 0.252 e. The zero-order valence-corrected chi connectivity index (χ0v) is 13.0. The van der Waals surface area contributed by atoms with Crippen molar-refractivity contribution in [1.29, 1.82) is 0 Å². The van der Waals surface area contributed by atoms with Crippen LogP contribution in [0.2, 0.25) is 10.0 Å². The van der Waals surface area contributed by atoms with Gasteiger partial charge in [-0.15, -0.1) is 0 Å². The number of hydrogen-bond acceptors (Lipinski definition) is 2. The van der Waals surface area contributed by atoms with Crippen molar-refractivity contribution in [2.45, 2.75) is 6.42 Å². The highest BCUT2D eigenvalue weighted by Crippen LogP contribution is 2.25. The fourth-order valence-electron chi connectivity index (χ4n) is 1.89. The third-order valence-electron chi connectivity index (χ3n) is 3.05. The maximum absolute atomic E-state index is 12.0. The number of amides is 1. The normalized spacial score (nSPS) is 10.2. The summed E-state index contributed by atoms with van der Waals surface area (Å²) in [4.78, 5) is 12.0. The fraction of sp³-hybridized carbons (Fsp3) is 0.188. The molecule has 2 aromatic rings. The summed E-state index contributed by atoms with van der Waals surface area (Å²) in [5, 5.41) is 3.48. The molecule has 0 radical (unpaired) electrons. The molecule has 0 bridgehead atoms. The first kappa shape index (κ1) is 15.7. The summed E-state index contributed by atoms with van der Waals surface area (Å²) in [6, 6.07) is 12.7. The average Bonchev–Trinajstić information content (AvgIpc) is 2.50. The van der Waals surface area contributed by atoms with Crippen molar-refractivity contribution in [3.63, 3.8) is 0 Å². The summed E-state index contributed by atoms with van der Waals surface area (Å²) < 4.78 is 5.10. The molecule has 0 aliphatic carbocycles. The van der Waals surface area contributed by atoms with E-state index in [0.29, 0.717) is 17.1 Å². The number of hydrogen-bond donors (Lipinski definition) is 1. The standard InChI is InChI=1S/C16H15Cl2NO2/c1-21-12-7-5-11(6-8-12)9-10-19-16(20)13-3-2-4-14(17)15(13)18/h2-8H,9-10H2,1H3,(H,19,20). The molecule has 0 unspecified atom stereocenters. The third kappa shape index (κ3) is 4.13. The minimum absolute atomic E-state index is 0.226. The first-order valence-corrected chi connectivity index (χ1v) is 7.22. The molecule has 5 heteroatoms. The zero-order valence-electron chi connectivity index (χ0n) is 11.5. The Bertz CT molecular complexity index is 627. The van der Waals surface area contributed by atoms with Crippen molar-refractivity contribution in [3.05, 3.63) is 63.6 Å². The van der Waals surface area contributed by atoms with Crippen LogP contribution in [0.1, 0.15) is 15.9 Å². The largest absolute Gasteiger partial charge is 0.497 e. The first-order chi connectivity index (χ1) is 10.1. The van der Waals surface area contributed by atoms with E-state index in [1.165, 1.54) is 0 Å². The molecule has 2 rings (SSSR count). The molecule has 1 N–H and O–H groups in total. The second kappa shape index (κ2) is 7.34. The molecule has 0 aliphatic rings. The SMILES string of the molecule is COc1ccc(CCNC(=O)c2cccc(Cl)c2Cl)cc1. The van der Waals surface area contributed by atoms with Gasteiger partial charge in [0.25, 0.3) is 5.91 Å². The Morgan fingerprint density at radius 2 is 1.86 bits per heavy atom. The lowest BCUT2D eigenvalue weighted by Gasteiger charge is -2.08. The molecule has 0 heterocycles. The van der Waals surface area contributed by atoms with Crippen molar-refractivity contribution in [2.75, 3.05) is 13.7 Å². The van der Waals surface area contributed by atoms with Gasteiger partial charge in [0, 0.05) is 6.54 Å². The van der Waals surface area contributed by atoms with Gasteiger partial charge in [0.1, 0.15) is 5.75 Å². The summed E-state index contributed by atoms with van der Waals surface area (Å²) in [7, 11) is 1.63. The second-order valence-electron chi connectivity index (χ2n) is 4.46. The highest BCUT2D eigenvalue weighted by atomic mass is 35.5. The van der Waals surface area contributed by atoms with Gasteiger partial charge in [-0.25, -0.2) is 0 Å². The van der Waals surface area contributed by atoms with Gasteiger partial charge in [-0.05, 0) is 36.2 Å². The molecular formula is C16H15Cl2NO2. The van der Waals surface area contributed by atoms with Crippen LogP contribution in [0.25, 0.3) is 0 Å². The Morgan fingerprint density at radius 1 is 1.14 bits per heavy atom. The van der Waals surface area contributed by atoms with Crippen LogP contribution in [0.3, 0.4) is 0 Å². The minimum Gasteiger partial charge on any atom is -0.497 e. The second-order valence-corrected chi connectivity index (χ2v) is 5.24. The highest BCUT2D eigenvalue weighted by molar-refractivity contribution is 6.43. The number of ether oxygens (including phenoxy) is 1. The molecule has 0 saturated heterocycles. The van der Waals surface area contributed by atoms with Gasteiger partial charge in [-0.3, -0.25) is 4.79 Å². The van der Waals surface area contributed by atoms with Crippen LogP contribution in [0.15, 0.2) is 42.5 Å². The van der Waals surface area contributed by atoms with E-state index >= 15 is 0 Å². The van der Waals surface area contributed by atoms with Crippen molar-refractivity contribution in [2.24, 2.45) is 0 Å². The van der Waals surface area contributed by atoms with Crippen LogP contribution in [0.5, 0.6) is 5.75 Å². The van der Waals surface area contributed by atoms with E-state index in [2.05, 4.69) is 5.32 Å². The average molecular weight is 324 g/mol. The molecule has 2 aromatic carbocycles. The van der Waals surface area contributed by atoms with Gasteiger partial charge >= 0.3 is 0 Å². The molecule has 0 atom stereocenters. The summed E-state index contributed by atoms with van der Waals surface area (Å²) in [6.07, 6.45) is 0.730. The van der Waals surface area contributed by atoms with Gasteiger partial charge in [-0.2, -0.15) is 0 Å². The number of carbonyl (C=O) groups excluding carboxylic acids is 1. The number of methoxy groups -OCH3 is 1. The van der Waals surface area contributed by atoms with Crippen LogP contribution >= 0.6 is 23.2 Å². The van der Waals surface area contributed by atoms with E-state index in [0.717, 1.165) is 17.7 Å². The van der Waals surface area contributed by atoms with Gasteiger partial charge in [-0.1, -0.05) is 41.4 Å². The van der Waals surface area contributed by atoms with Crippen LogP contribution in [-0.2, 0) is 6.42 Å². The predicted molar refractivity (Wildman–Crippen MR) is 85.5 cm³/mol. The van der Waals surface area contributed by atoms with Gasteiger partial charge in [0.2, 0.25) is 0 Å². The van der Waals surface area contributed by atoms with Crippen LogP contribution in [0.4, 0.5) is 0 Å². The van der Waals surface area contributed by atoms with Crippen molar-refractivity contribution in [3.8, 4) is 5.75 Å². The van der Waals surface area contributed by atoms with Crippen LogP contribution in [0, 0.1) is 0 Å². The van der Waals surface area contributed by atoms with Gasteiger partial charge in [0.15, 0.2) is 0 Å². The Morgan fingerprint density at radius 3 is 2.52 bits per heavy atom. The molecule has 110 valence electrons. The van der Waals surface area contributed by atoms with E-state index in [4.69, 9.17) is 27.9 Å². The number of nitrogens with one attached hydrogen (secondary N) is 1. The Kier molecular flexibility index (Phi) is 5.48. The highest BCUT2D eigenvalue weighted by Gasteiger charge is 2.11. The van der Waals surface area contributed by atoms with Crippen LogP contribution in [-0.4, -0.2) is 19.6 Å². The lowest BCUT2D eigenvalue weighted by Crippen LogP contribution is -2.26. The molecule has 3 nitrogen and oxygen atoms in total. The number of halogens is 2. The Labute approximate surface area is 133 Å².